The van der Waals surface area contributed by atoms with Crippen molar-refractivity contribution in [3.63, 3.8) is 0 Å². The van der Waals surface area contributed by atoms with Crippen molar-refractivity contribution in [2.24, 2.45) is 10.9 Å². The molecular formula is C10H19N3O. The second-order valence-electron chi connectivity index (χ2n) is 4.05. The Kier molecular flexibility index (Phi) is 3.92. The summed E-state index contributed by atoms with van der Waals surface area (Å²) in [4.78, 5) is 15.7. The average molecular weight is 197 g/mol. The minimum absolute atomic E-state index is 0.0496. The lowest BCUT2D eigenvalue weighted by molar-refractivity contribution is -0.120. The second kappa shape index (κ2) is 4.98. The van der Waals surface area contributed by atoms with Crippen LogP contribution in [0.1, 0.15) is 33.6 Å². The van der Waals surface area contributed by atoms with E-state index in [4.69, 9.17) is 0 Å². The molecule has 1 atom stereocenters. The van der Waals surface area contributed by atoms with Crippen LogP contribution in [0.2, 0.25) is 0 Å². The van der Waals surface area contributed by atoms with Crippen molar-refractivity contribution >= 4 is 11.9 Å². The minimum atomic E-state index is -0.0920. The van der Waals surface area contributed by atoms with Gasteiger partial charge in [-0.3, -0.25) is 15.1 Å². The largest absolute Gasteiger partial charge is 0.344 e. The molecule has 1 aliphatic rings. The van der Waals surface area contributed by atoms with Gasteiger partial charge < -0.3 is 5.32 Å². The van der Waals surface area contributed by atoms with E-state index in [9.17, 15) is 4.79 Å². The molecule has 0 aromatic rings. The van der Waals surface area contributed by atoms with Gasteiger partial charge in [-0.2, -0.15) is 0 Å². The molecule has 1 fully saturated rings. The van der Waals surface area contributed by atoms with E-state index in [1.54, 1.807) is 0 Å². The predicted molar refractivity (Wildman–Crippen MR) is 57.1 cm³/mol. The number of guanidine groups is 1. The van der Waals surface area contributed by atoms with Crippen LogP contribution < -0.4 is 10.6 Å². The van der Waals surface area contributed by atoms with E-state index in [0.29, 0.717) is 11.9 Å². The lowest BCUT2D eigenvalue weighted by atomic mass is 10.0. The molecule has 1 heterocycles. The number of hydrogen-bond acceptors (Lipinski definition) is 2. The van der Waals surface area contributed by atoms with E-state index >= 15 is 0 Å². The first-order valence-electron chi connectivity index (χ1n) is 5.25. The van der Waals surface area contributed by atoms with Gasteiger partial charge in [0.1, 0.15) is 6.04 Å². The highest BCUT2D eigenvalue weighted by Crippen LogP contribution is 2.07. The highest BCUT2D eigenvalue weighted by Gasteiger charge is 2.28. The Morgan fingerprint density at radius 1 is 1.50 bits per heavy atom. The number of hydrogen-bond donors (Lipinski definition) is 2. The fraction of sp³-hybridized carbons (Fsp3) is 0.800. The molecular weight excluding hydrogens is 178 g/mol. The lowest BCUT2D eigenvalue weighted by Crippen LogP contribution is -2.30. The number of nitrogens with zero attached hydrogens (tertiary/aromatic N) is 1. The summed E-state index contributed by atoms with van der Waals surface area (Å²) in [5.74, 6) is 1.21. The summed E-state index contributed by atoms with van der Waals surface area (Å²) >= 11 is 0. The Hall–Kier alpha value is -1.06. The Bertz CT molecular complexity index is 236. The van der Waals surface area contributed by atoms with Gasteiger partial charge in [0.05, 0.1) is 0 Å². The van der Waals surface area contributed by atoms with Gasteiger partial charge in [-0.1, -0.05) is 20.8 Å². The smallest absolute Gasteiger partial charge is 0.249 e. The first-order valence-corrected chi connectivity index (χ1v) is 5.25. The summed E-state index contributed by atoms with van der Waals surface area (Å²) in [7, 11) is 0. The number of rotatable bonds is 4. The molecule has 2 N–H and O–H groups in total. The van der Waals surface area contributed by atoms with Crippen LogP contribution in [-0.2, 0) is 4.79 Å². The van der Waals surface area contributed by atoms with Crippen molar-refractivity contribution in [3.8, 4) is 0 Å². The third-order valence-corrected chi connectivity index (χ3v) is 2.07. The molecule has 1 aliphatic heterocycles. The minimum Gasteiger partial charge on any atom is -0.344 e. The van der Waals surface area contributed by atoms with Crippen molar-refractivity contribution in [3.05, 3.63) is 0 Å². The van der Waals surface area contributed by atoms with Crippen LogP contribution in [0, 0.1) is 5.92 Å². The van der Waals surface area contributed by atoms with Crippen molar-refractivity contribution in [2.75, 3.05) is 6.54 Å². The predicted octanol–water partition coefficient (Wildman–Crippen LogP) is 0.886. The standard InChI is InChI=1S/C10H19N3O/c1-4-5-11-10-12-8(6-7(2)3)9(14)13-10/h7-8H,4-6H2,1-3H3,(H2,11,12,13,14)/t8-/m0/s1. The number of carbonyl (C=O) groups excluding carboxylic acids is 1. The van der Waals surface area contributed by atoms with Gasteiger partial charge in [0.2, 0.25) is 5.91 Å². The molecule has 0 saturated carbocycles. The summed E-state index contributed by atoms with van der Waals surface area (Å²) in [6, 6.07) is -0.0920. The van der Waals surface area contributed by atoms with Crippen molar-refractivity contribution in [1.82, 2.24) is 10.6 Å². The van der Waals surface area contributed by atoms with Crippen LogP contribution >= 0.6 is 0 Å². The monoisotopic (exact) mass is 197 g/mol. The van der Waals surface area contributed by atoms with Crippen molar-refractivity contribution in [2.45, 2.75) is 39.7 Å². The number of aliphatic imine (C=N–C) groups is 1. The molecule has 1 amide bonds. The first kappa shape index (κ1) is 11.0. The molecule has 0 aromatic carbocycles. The van der Waals surface area contributed by atoms with Crippen molar-refractivity contribution < 1.29 is 4.79 Å². The molecule has 0 spiro atoms. The topological polar surface area (TPSA) is 53.5 Å². The SMILES string of the molecule is CCCN=C1NC(=O)[C@H](CC(C)C)N1. The summed E-state index contributed by atoms with van der Waals surface area (Å²) in [5, 5.41) is 5.84. The molecule has 4 nitrogen and oxygen atoms in total. The van der Waals surface area contributed by atoms with Gasteiger partial charge in [-0.25, -0.2) is 0 Å². The van der Waals surface area contributed by atoms with Crippen LogP contribution in [0.15, 0.2) is 4.99 Å². The number of amides is 1. The summed E-state index contributed by atoms with van der Waals surface area (Å²) in [5.41, 5.74) is 0. The van der Waals surface area contributed by atoms with E-state index in [1.165, 1.54) is 0 Å². The van der Waals surface area contributed by atoms with Gasteiger partial charge in [0.15, 0.2) is 5.96 Å². The highest BCUT2D eigenvalue weighted by molar-refractivity contribution is 6.06. The third-order valence-electron chi connectivity index (χ3n) is 2.07. The summed E-state index contributed by atoms with van der Waals surface area (Å²) in [6.45, 7) is 7.04. The maximum Gasteiger partial charge on any atom is 0.249 e. The Labute approximate surface area is 85.2 Å². The van der Waals surface area contributed by atoms with E-state index in [0.717, 1.165) is 19.4 Å². The lowest BCUT2D eigenvalue weighted by Gasteiger charge is -2.09. The first-order chi connectivity index (χ1) is 6.63. The highest BCUT2D eigenvalue weighted by atomic mass is 16.2. The maximum absolute atomic E-state index is 11.4. The number of carbonyl (C=O) groups is 1. The van der Waals surface area contributed by atoms with Crippen molar-refractivity contribution in [1.29, 1.82) is 0 Å². The molecule has 1 rings (SSSR count). The van der Waals surface area contributed by atoms with Crippen LogP contribution in [0.3, 0.4) is 0 Å². The van der Waals surface area contributed by atoms with Gasteiger partial charge >= 0.3 is 0 Å². The fourth-order valence-corrected chi connectivity index (χ4v) is 1.42. The fourth-order valence-electron chi connectivity index (χ4n) is 1.42. The molecule has 0 unspecified atom stereocenters. The van der Waals surface area contributed by atoms with Crippen LogP contribution in [-0.4, -0.2) is 24.5 Å². The normalized spacial score (nSPS) is 24.1. The number of nitrogens with one attached hydrogen (secondary N) is 2. The molecule has 0 bridgehead atoms. The van der Waals surface area contributed by atoms with Crippen LogP contribution in [0.25, 0.3) is 0 Å². The van der Waals surface area contributed by atoms with Gasteiger partial charge in [-0.05, 0) is 18.8 Å². The van der Waals surface area contributed by atoms with Gasteiger partial charge in [0, 0.05) is 6.54 Å². The molecule has 14 heavy (non-hydrogen) atoms. The molecule has 0 aromatic heterocycles. The maximum atomic E-state index is 11.4. The van der Waals surface area contributed by atoms with E-state index < -0.39 is 0 Å². The zero-order chi connectivity index (χ0) is 10.6. The molecule has 0 aliphatic carbocycles. The Balaban J connectivity index is 2.47. The van der Waals surface area contributed by atoms with Crippen LogP contribution in [0.4, 0.5) is 0 Å². The average Bonchev–Trinajstić information content (AvgIpc) is 2.43. The Morgan fingerprint density at radius 3 is 2.79 bits per heavy atom. The van der Waals surface area contributed by atoms with Gasteiger partial charge in [0.25, 0.3) is 0 Å². The molecule has 80 valence electrons. The molecule has 0 radical (unpaired) electrons. The molecule has 1 saturated heterocycles. The van der Waals surface area contributed by atoms with E-state index in [1.807, 2.05) is 0 Å². The third kappa shape index (κ3) is 3.01. The quantitative estimate of drug-likeness (QED) is 0.703. The van der Waals surface area contributed by atoms with E-state index in [-0.39, 0.29) is 11.9 Å². The second-order valence-corrected chi connectivity index (χ2v) is 4.05. The van der Waals surface area contributed by atoms with E-state index in [2.05, 4.69) is 36.4 Å². The summed E-state index contributed by atoms with van der Waals surface area (Å²) < 4.78 is 0. The zero-order valence-electron chi connectivity index (χ0n) is 9.13. The zero-order valence-corrected chi connectivity index (χ0v) is 9.13. The summed E-state index contributed by atoms with van der Waals surface area (Å²) in [6.07, 6.45) is 1.85. The van der Waals surface area contributed by atoms with Gasteiger partial charge in [-0.15, -0.1) is 0 Å². The van der Waals surface area contributed by atoms with Crippen LogP contribution in [0.5, 0.6) is 0 Å². The Morgan fingerprint density at radius 2 is 2.21 bits per heavy atom. The molecule has 4 heteroatoms.